The zero-order valence-corrected chi connectivity index (χ0v) is 12.1. The zero-order chi connectivity index (χ0) is 14.4. The molecule has 4 heteroatoms. The highest BCUT2D eigenvalue weighted by Gasteiger charge is 2.10. The average molecular weight is 284 g/mol. The number of nitrogens with two attached hydrogens (primary N) is 1. The quantitative estimate of drug-likeness (QED) is 0.850. The normalized spacial score (nSPS) is 9.70. The van der Waals surface area contributed by atoms with Crippen molar-refractivity contribution in [1.29, 1.82) is 0 Å². The molecule has 0 aliphatic carbocycles. The van der Waals surface area contributed by atoms with Gasteiger partial charge < -0.3 is 11.1 Å². The van der Waals surface area contributed by atoms with Crippen LogP contribution in [-0.4, -0.2) is 12.5 Å². The van der Waals surface area contributed by atoms with Crippen molar-refractivity contribution in [3.63, 3.8) is 0 Å². The van der Waals surface area contributed by atoms with E-state index in [-0.39, 0.29) is 12.5 Å². The van der Waals surface area contributed by atoms with E-state index in [4.69, 9.17) is 5.73 Å². The van der Waals surface area contributed by atoms with Crippen LogP contribution >= 0.6 is 11.3 Å². The molecular weight excluding hydrogens is 268 g/mol. The SMILES string of the molecule is Cc1ccc(C(=O)NCc2cccs2)c(C#CCN)c1. The van der Waals surface area contributed by atoms with Crippen LogP contribution in [0.1, 0.15) is 26.4 Å². The van der Waals surface area contributed by atoms with E-state index in [1.165, 1.54) is 0 Å². The Labute approximate surface area is 122 Å². The summed E-state index contributed by atoms with van der Waals surface area (Å²) in [6, 6.07) is 9.58. The van der Waals surface area contributed by atoms with E-state index in [0.717, 1.165) is 16.0 Å². The third kappa shape index (κ3) is 3.70. The number of aryl methyl sites for hydroxylation is 1. The number of carbonyl (C=O) groups excluding carboxylic acids is 1. The maximum absolute atomic E-state index is 12.2. The predicted octanol–water partition coefficient (Wildman–Crippen LogP) is 2.30. The molecule has 0 spiro atoms. The van der Waals surface area contributed by atoms with Crippen molar-refractivity contribution in [3.05, 3.63) is 57.3 Å². The van der Waals surface area contributed by atoms with Gasteiger partial charge in [0, 0.05) is 10.4 Å². The van der Waals surface area contributed by atoms with Crippen LogP contribution in [0.2, 0.25) is 0 Å². The van der Waals surface area contributed by atoms with Gasteiger partial charge in [-0.3, -0.25) is 4.79 Å². The first kappa shape index (κ1) is 14.3. The van der Waals surface area contributed by atoms with E-state index in [1.807, 2.05) is 36.6 Å². The number of hydrogen-bond acceptors (Lipinski definition) is 3. The summed E-state index contributed by atoms with van der Waals surface area (Å²) in [7, 11) is 0. The molecule has 0 radical (unpaired) electrons. The Hall–Kier alpha value is -2.09. The van der Waals surface area contributed by atoms with E-state index in [1.54, 1.807) is 17.4 Å². The van der Waals surface area contributed by atoms with Gasteiger partial charge in [-0.15, -0.1) is 11.3 Å². The molecule has 0 unspecified atom stereocenters. The lowest BCUT2D eigenvalue weighted by atomic mass is 10.0. The molecule has 0 aliphatic rings. The van der Waals surface area contributed by atoms with Crippen molar-refractivity contribution < 1.29 is 4.79 Å². The Morgan fingerprint density at radius 1 is 1.40 bits per heavy atom. The molecule has 0 atom stereocenters. The molecule has 1 aromatic carbocycles. The molecule has 0 saturated carbocycles. The molecule has 1 amide bonds. The Balaban J connectivity index is 2.16. The Morgan fingerprint density at radius 2 is 2.25 bits per heavy atom. The van der Waals surface area contributed by atoms with Gasteiger partial charge in [-0.2, -0.15) is 0 Å². The van der Waals surface area contributed by atoms with Gasteiger partial charge in [-0.1, -0.05) is 24.0 Å². The Morgan fingerprint density at radius 3 is 2.95 bits per heavy atom. The largest absolute Gasteiger partial charge is 0.347 e. The number of thiophene rings is 1. The van der Waals surface area contributed by atoms with Gasteiger partial charge >= 0.3 is 0 Å². The Bertz CT molecular complexity index is 651. The second kappa shape index (κ2) is 6.90. The number of benzene rings is 1. The third-order valence-electron chi connectivity index (χ3n) is 2.75. The monoisotopic (exact) mass is 284 g/mol. The number of carbonyl (C=O) groups is 1. The molecular formula is C16H16N2OS. The summed E-state index contributed by atoms with van der Waals surface area (Å²) < 4.78 is 0. The third-order valence-corrected chi connectivity index (χ3v) is 3.62. The van der Waals surface area contributed by atoms with Crippen molar-refractivity contribution in [2.24, 2.45) is 5.73 Å². The van der Waals surface area contributed by atoms with Crippen LogP contribution < -0.4 is 11.1 Å². The molecule has 0 fully saturated rings. The molecule has 102 valence electrons. The average Bonchev–Trinajstić information content (AvgIpc) is 2.96. The highest BCUT2D eigenvalue weighted by atomic mass is 32.1. The summed E-state index contributed by atoms with van der Waals surface area (Å²) in [5.74, 6) is 5.64. The lowest BCUT2D eigenvalue weighted by Gasteiger charge is -2.07. The van der Waals surface area contributed by atoms with Crippen LogP contribution in [0, 0.1) is 18.8 Å². The smallest absolute Gasteiger partial charge is 0.252 e. The van der Waals surface area contributed by atoms with Crippen LogP contribution in [-0.2, 0) is 6.54 Å². The first-order valence-corrected chi connectivity index (χ1v) is 7.19. The van der Waals surface area contributed by atoms with E-state index < -0.39 is 0 Å². The summed E-state index contributed by atoms with van der Waals surface area (Å²) in [6.45, 7) is 2.79. The molecule has 1 heterocycles. The lowest BCUT2D eigenvalue weighted by molar-refractivity contribution is 0.0951. The molecule has 1 aromatic heterocycles. The number of nitrogens with one attached hydrogen (secondary N) is 1. The van der Waals surface area contributed by atoms with Crippen molar-refractivity contribution in [3.8, 4) is 11.8 Å². The first-order chi connectivity index (χ1) is 9.70. The van der Waals surface area contributed by atoms with Crippen molar-refractivity contribution in [2.75, 3.05) is 6.54 Å². The fourth-order valence-electron chi connectivity index (χ4n) is 1.78. The van der Waals surface area contributed by atoms with Crippen molar-refractivity contribution >= 4 is 17.2 Å². The summed E-state index contributed by atoms with van der Waals surface area (Å²) >= 11 is 1.62. The van der Waals surface area contributed by atoms with Crippen molar-refractivity contribution in [1.82, 2.24) is 5.32 Å². The minimum Gasteiger partial charge on any atom is -0.347 e. The fourth-order valence-corrected chi connectivity index (χ4v) is 2.43. The molecule has 3 nitrogen and oxygen atoms in total. The molecule has 2 rings (SSSR count). The van der Waals surface area contributed by atoms with Crippen molar-refractivity contribution in [2.45, 2.75) is 13.5 Å². The summed E-state index contributed by atoms with van der Waals surface area (Å²) in [5, 5.41) is 4.90. The molecule has 2 aromatic rings. The molecule has 0 saturated heterocycles. The van der Waals surface area contributed by atoms with E-state index in [9.17, 15) is 4.79 Å². The highest BCUT2D eigenvalue weighted by Crippen LogP contribution is 2.12. The Kier molecular flexibility index (Phi) is 4.94. The topological polar surface area (TPSA) is 55.1 Å². The zero-order valence-electron chi connectivity index (χ0n) is 11.3. The second-order valence-electron chi connectivity index (χ2n) is 4.32. The summed E-state index contributed by atoms with van der Waals surface area (Å²) in [6.07, 6.45) is 0. The van der Waals surface area contributed by atoms with Crippen LogP contribution in [0.5, 0.6) is 0 Å². The maximum atomic E-state index is 12.2. The minimum absolute atomic E-state index is 0.111. The van der Waals surface area contributed by atoms with Crippen LogP contribution in [0.25, 0.3) is 0 Å². The predicted molar refractivity (Wildman–Crippen MR) is 82.6 cm³/mol. The van der Waals surface area contributed by atoms with Gasteiger partial charge in [0.2, 0.25) is 0 Å². The minimum atomic E-state index is -0.111. The van der Waals surface area contributed by atoms with Gasteiger partial charge in [-0.05, 0) is 36.1 Å². The fraction of sp³-hybridized carbons (Fsp3) is 0.188. The van der Waals surface area contributed by atoms with Crippen LogP contribution in [0.15, 0.2) is 35.7 Å². The van der Waals surface area contributed by atoms with Crippen LogP contribution in [0.4, 0.5) is 0 Å². The van der Waals surface area contributed by atoms with Gasteiger partial charge in [0.1, 0.15) is 0 Å². The molecule has 3 N–H and O–H groups in total. The van der Waals surface area contributed by atoms with E-state index in [0.29, 0.717) is 12.1 Å². The van der Waals surface area contributed by atoms with Gasteiger partial charge in [0.25, 0.3) is 5.91 Å². The summed E-state index contributed by atoms with van der Waals surface area (Å²) in [5.41, 5.74) is 7.77. The standard InChI is InChI=1S/C16H16N2OS/c1-12-6-7-15(13(10-12)4-2-8-17)16(19)18-11-14-5-3-9-20-14/h3,5-7,9-10H,8,11,17H2,1H3,(H,18,19). The molecule has 0 bridgehead atoms. The van der Waals surface area contributed by atoms with Gasteiger partial charge in [-0.25, -0.2) is 0 Å². The maximum Gasteiger partial charge on any atom is 0.252 e. The van der Waals surface area contributed by atoms with Crippen LogP contribution in [0.3, 0.4) is 0 Å². The molecule has 0 aliphatic heterocycles. The van der Waals surface area contributed by atoms with E-state index >= 15 is 0 Å². The van der Waals surface area contributed by atoms with Gasteiger partial charge in [0.05, 0.1) is 18.7 Å². The number of amides is 1. The number of rotatable bonds is 3. The van der Waals surface area contributed by atoms with E-state index in [2.05, 4.69) is 17.2 Å². The lowest BCUT2D eigenvalue weighted by Crippen LogP contribution is -2.23. The molecule has 20 heavy (non-hydrogen) atoms. The summed E-state index contributed by atoms with van der Waals surface area (Å²) in [4.78, 5) is 13.4. The first-order valence-electron chi connectivity index (χ1n) is 6.31. The highest BCUT2D eigenvalue weighted by molar-refractivity contribution is 7.09. The number of hydrogen-bond donors (Lipinski definition) is 2. The van der Waals surface area contributed by atoms with Gasteiger partial charge in [0.15, 0.2) is 0 Å². The second-order valence-corrected chi connectivity index (χ2v) is 5.35.